The molecule has 4 heteroatoms. The first-order chi connectivity index (χ1) is 6.27. The number of rotatable bonds is 0. The molecule has 2 rings (SSSR count). The lowest BCUT2D eigenvalue weighted by Gasteiger charge is -2.21. The fourth-order valence-corrected chi connectivity index (χ4v) is 2.00. The summed E-state index contributed by atoms with van der Waals surface area (Å²) in [4.78, 5) is 0. The average molecular weight is 203 g/mol. The number of hydrogen-bond donors (Lipinski definition) is 1. The summed E-state index contributed by atoms with van der Waals surface area (Å²) < 4.78 is 9.64. The van der Waals surface area contributed by atoms with Crippen LogP contribution in [0.4, 0.5) is 0 Å². The maximum Gasteiger partial charge on any atom is 0.257 e. The smallest absolute Gasteiger partial charge is 0.257 e. The van der Waals surface area contributed by atoms with Crippen LogP contribution in [0.25, 0.3) is 0 Å². The minimum atomic E-state index is 0.390. The standard InChI is InChI=1S/C7H11NOS.C2H6O/c10-7-8-5-3-1-2-4-6(5)9-7;1-3-2/h5-6H,1-4H2,(H,8,10);1-2H3. The molecule has 0 spiro atoms. The lowest BCUT2D eigenvalue weighted by Crippen LogP contribution is -2.33. The molecule has 1 heterocycles. The largest absolute Gasteiger partial charge is 0.466 e. The topological polar surface area (TPSA) is 30.5 Å². The summed E-state index contributed by atoms with van der Waals surface area (Å²) in [5.41, 5.74) is 0. The summed E-state index contributed by atoms with van der Waals surface area (Å²) in [6.07, 6.45) is 5.41. The maximum atomic E-state index is 5.39. The molecule has 0 aromatic rings. The summed E-state index contributed by atoms with van der Waals surface area (Å²) in [5.74, 6) is 0. The number of ether oxygens (including phenoxy) is 2. The number of fused-ring (bicyclic) bond motifs is 1. The van der Waals surface area contributed by atoms with Crippen molar-refractivity contribution in [2.45, 2.75) is 37.8 Å². The number of nitrogens with one attached hydrogen (secondary N) is 1. The Kier molecular flexibility index (Phi) is 4.45. The van der Waals surface area contributed by atoms with E-state index in [4.69, 9.17) is 17.0 Å². The van der Waals surface area contributed by atoms with E-state index in [1.807, 2.05) is 0 Å². The SMILES string of the molecule is COC.S=C1NC2CCCCC2O1. The van der Waals surface area contributed by atoms with E-state index in [0.29, 0.717) is 17.3 Å². The van der Waals surface area contributed by atoms with E-state index in [2.05, 4.69) is 10.1 Å². The van der Waals surface area contributed by atoms with E-state index >= 15 is 0 Å². The Morgan fingerprint density at radius 2 is 2.00 bits per heavy atom. The zero-order valence-corrected chi connectivity index (χ0v) is 9.02. The van der Waals surface area contributed by atoms with Crippen LogP contribution in [-0.4, -0.2) is 31.5 Å². The molecule has 2 aliphatic rings. The van der Waals surface area contributed by atoms with Crippen LogP contribution in [0.3, 0.4) is 0 Å². The molecule has 1 aliphatic carbocycles. The predicted octanol–water partition coefficient (Wildman–Crippen LogP) is 1.46. The second-order valence-corrected chi connectivity index (χ2v) is 3.76. The Morgan fingerprint density at radius 3 is 2.62 bits per heavy atom. The highest BCUT2D eigenvalue weighted by molar-refractivity contribution is 7.80. The van der Waals surface area contributed by atoms with Gasteiger partial charge in [0.1, 0.15) is 6.10 Å². The molecule has 76 valence electrons. The van der Waals surface area contributed by atoms with Crippen molar-refractivity contribution in [3.8, 4) is 0 Å². The highest BCUT2D eigenvalue weighted by Gasteiger charge is 2.33. The summed E-state index contributed by atoms with van der Waals surface area (Å²) in [5, 5.41) is 3.77. The first-order valence-electron chi connectivity index (χ1n) is 4.65. The molecule has 0 bridgehead atoms. The van der Waals surface area contributed by atoms with Gasteiger partial charge in [-0.3, -0.25) is 0 Å². The molecule has 1 saturated carbocycles. The summed E-state index contributed by atoms with van der Waals surface area (Å²) in [7, 11) is 3.25. The van der Waals surface area contributed by atoms with Gasteiger partial charge in [0, 0.05) is 14.2 Å². The van der Waals surface area contributed by atoms with Crippen LogP contribution in [0.5, 0.6) is 0 Å². The fourth-order valence-electron chi connectivity index (χ4n) is 1.73. The van der Waals surface area contributed by atoms with Gasteiger partial charge < -0.3 is 14.8 Å². The molecule has 1 aliphatic heterocycles. The van der Waals surface area contributed by atoms with Gasteiger partial charge in [-0.25, -0.2) is 0 Å². The van der Waals surface area contributed by atoms with Crippen molar-refractivity contribution in [1.29, 1.82) is 0 Å². The van der Waals surface area contributed by atoms with Crippen LogP contribution < -0.4 is 5.32 Å². The van der Waals surface area contributed by atoms with Gasteiger partial charge in [-0.1, -0.05) is 6.42 Å². The van der Waals surface area contributed by atoms with E-state index in [1.165, 1.54) is 25.7 Å². The molecule has 2 fully saturated rings. The third kappa shape index (κ3) is 3.12. The number of hydrogen-bond acceptors (Lipinski definition) is 3. The highest BCUT2D eigenvalue weighted by Crippen LogP contribution is 2.24. The van der Waals surface area contributed by atoms with E-state index in [9.17, 15) is 0 Å². The lowest BCUT2D eigenvalue weighted by atomic mass is 9.93. The Balaban J connectivity index is 0.000000251. The molecular weight excluding hydrogens is 186 g/mol. The van der Waals surface area contributed by atoms with Crippen LogP contribution in [0.15, 0.2) is 0 Å². The van der Waals surface area contributed by atoms with Gasteiger partial charge in [0.25, 0.3) is 5.17 Å². The Labute approximate surface area is 84.8 Å². The van der Waals surface area contributed by atoms with E-state index < -0.39 is 0 Å². The highest BCUT2D eigenvalue weighted by atomic mass is 32.1. The van der Waals surface area contributed by atoms with Crippen molar-refractivity contribution in [2.24, 2.45) is 0 Å². The van der Waals surface area contributed by atoms with Crippen LogP contribution in [0, 0.1) is 0 Å². The van der Waals surface area contributed by atoms with Crippen LogP contribution >= 0.6 is 12.2 Å². The number of methoxy groups -OCH3 is 1. The minimum absolute atomic E-state index is 0.390. The Hall–Kier alpha value is -0.350. The van der Waals surface area contributed by atoms with Crippen LogP contribution in [0.2, 0.25) is 0 Å². The Bertz CT molecular complexity index is 159. The fraction of sp³-hybridized carbons (Fsp3) is 0.889. The van der Waals surface area contributed by atoms with E-state index in [1.54, 1.807) is 14.2 Å². The molecule has 2 unspecified atom stereocenters. The van der Waals surface area contributed by atoms with Gasteiger partial charge in [-0.2, -0.15) is 0 Å². The Morgan fingerprint density at radius 1 is 1.38 bits per heavy atom. The van der Waals surface area contributed by atoms with Gasteiger partial charge in [0.15, 0.2) is 0 Å². The van der Waals surface area contributed by atoms with Crippen LogP contribution in [-0.2, 0) is 9.47 Å². The minimum Gasteiger partial charge on any atom is -0.466 e. The zero-order chi connectivity index (χ0) is 9.68. The van der Waals surface area contributed by atoms with Gasteiger partial charge in [-0.15, -0.1) is 0 Å². The monoisotopic (exact) mass is 203 g/mol. The van der Waals surface area contributed by atoms with Gasteiger partial charge in [0.05, 0.1) is 6.04 Å². The third-order valence-electron chi connectivity index (χ3n) is 2.26. The molecule has 0 aromatic carbocycles. The normalized spacial score (nSPS) is 30.8. The van der Waals surface area contributed by atoms with Crippen molar-refractivity contribution in [3.63, 3.8) is 0 Å². The molecule has 2 atom stereocenters. The summed E-state index contributed by atoms with van der Waals surface area (Å²) in [6, 6.07) is 0.529. The maximum absolute atomic E-state index is 5.39. The van der Waals surface area contributed by atoms with Gasteiger partial charge in [0.2, 0.25) is 0 Å². The van der Waals surface area contributed by atoms with E-state index in [0.717, 1.165) is 0 Å². The third-order valence-corrected chi connectivity index (χ3v) is 2.48. The molecule has 13 heavy (non-hydrogen) atoms. The van der Waals surface area contributed by atoms with Crippen molar-refractivity contribution in [2.75, 3.05) is 14.2 Å². The summed E-state index contributed by atoms with van der Waals surface area (Å²) in [6.45, 7) is 0. The predicted molar refractivity (Wildman–Crippen MR) is 55.8 cm³/mol. The van der Waals surface area contributed by atoms with Crippen molar-refractivity contribution in [3.05, 3.63) is 0 Å². The molecule has 0 aromatic heterocycles. The summed E-state index contributed by atoms with van der Waals surface area (Å²) >= 11 is 4.90. The molecule has 1 saturated heterocycles. The van der Waals surface area contributed by atoms with E-state index in [-0.39, 0.29) is 0 Å². The van der Waals surface area contributed by atoms with Crippen molar-refractivity contribution < 1.29 is 9.47 Å². The van der Waals surface area contributed by atoms with Crippen molar-refractivity contribution in [1.82, 2.24) is 5.32 Å². The van der Waals surface area contributed by atoms with Crippen molar-refractivity contribution >= 4 is 17.4 Å². The first kappa shape index (κ1) is 10.7. The quantitative estimate of drug-likeness (QED) is 0.604. The molecular formula is C9H17NO2S. The second kappa shape index (κ2) is 5.40. The first-order valence-corrected chi connectivity index (χ1v) is 5.06. The average Bonchev–Trinajstić information content (AvgIpc) is 2.45. The van der Waals surface area contributed by atoms with Gasteiger partial charge in [-0.05, 0) is 31.5 Å². The van der Waals surface area contributed by atoms with Gasteiger partial charge >= 0.3 is 0 Å². The molecule has 0 radical (unpaired) electrons. The van der Waals surface area contributed by atoms with Crippen LogP contribution in [0.1, 0.15) is 25.7 Å². The second-order valence-electron chi connectivity index (χ2n) is 3.39. The zero-order valence-electron chi connectivity index (χ0n) is 8.21. The lowest BCUT2D eigenvalue weighted by molar-refractivity contribution is 0.162. The molecule has 1 N–H and O–H groups in total. The molecule has 0 amide bonds. The molecule has 3 nitrogen and oxygen atoms in total. The number of thiocarbonyl (C=S) groups is 1.